The minimum Gasteiger partial charge on any atom is -0.420 e. The van der Waals surface area contributed by atoms with Crippen molar-refractivity contribution in [3.8, 4) is 22.6 Å². The van der Waals surface area contributed by atoms with Crippen LogP contribution in [0.2, 0.25) is 0 Å². The van der Waals surface area contributed by atoms with Gasteiger partial charge >= 0.3 is 0 Å². The van der Waals surface area contributed by atoms with Gasteiger partial charge in [0.25, 0.3) is 10.0 Å². The number of hydrogen-bond acceptors (Lipinski definition) is 4. The molecular formula is C21H15FN2O3S. The highest BCUT2D eigenvalue weighted by Gasteiger charge is 2.18. The fraction of sp³-hybridized carbons (Fsp3) is 0. The van der Waals surface area contributed by atoms with Crippen molar-refractivity contribution in [2.24, 2.45) is 0 Å². The number of nitrogens with one attached hydrogen (secondary N) is 1. The highest BCUT2D eigenvalue weighted by atomic mass is 32.2. The van der Waals surface area contributed by atoms with E-state index in [1.165, 1.54) is 24.4 Å². The van der Waals surface area contributed by atoms with Gasteiger partial charge in [-0.05, 0) is 35.4 Å². The lowest BCUT2D eigenvalue weighted by atomic mass is 10.0. The SMILES string of the molecule is O=S(=O)(Nc1cnc(-c2cc(-c3ccccc3)ccc2F)o1)c1ccccc1. The maximum atomic E-state index is 14.3. The molecule has 0 atom stereocenters. The smallest absolute Gasteiger partial charge is 0.264 e. The third kappa shape index (κ3) is 3.65. The Morgan fingerprint density at radius 3 is 2.25 bits per heavy atom. The molecule has 0 saturated heterocycles. The van der Waals surface area contributed by atoms with Gasteiger partial charge in [0.2, 0.25) is 11.8 Å². The number of nitrogens with zero attached hydrogens (tertiary/aromatic N) is 1. The maximum Gasteiger partial charge on any atom is 0.264 e. The molecule has 140 valence electrons. The fourth-order valence-corrected chi connectivity index (χ4v) is 3.73. The van der Waals surface area contributed by atoms with Crippen molar-refractivity contribution in [3.05, 3.63) is 90.9 Å². The minimum absolute atomic E-state index is 0.0129. The van der Waals surface area contributed by atoms with E-state index in [0.717, 1.165) is 11.1 Å². The van der Waals surface area contributed by atoms with Gasteiger partial charge in [0.05, 0.1) is 16.7 Å². The molecule has 5 nitrogen and oxygen atoms in total. The zero-order valence-electron chi connectivity index (χ0n) is 14.5. The predicted molar refractivity (Wildman–Crippen MR) is 105 cm³/mol. The van der Waals surface area contributed by atoms with Gasteiger partial charge in [-0.15, -0.1) is 0 Å². The number of rotatable bonds is 5. The lowest BCUT2D eigenvalue weighted by molar-refractivity contribution is 0.571. The topological polar surface area (TPSA) is 72.2 Å². The zero-order valence-corrected chi connectivity index (χ0v) is 15.4. The Labute approximate surface area is 161 Å². The lowest BCUT2D eigenvalue weighted by Gasteiger charge is -2.06. The van der Waals surface area contributed by atoms with Gasteiger partial charge < -0.3 is 4.42 Å². The van der Waals surface area contributed by atoms with E-state index in [2.05, 4.69) is 9.71 Å². The van der Waals surface area contributed by atoms with Crippen LogP contribution < -0.4 is 4.72 Å². The number of anilines is 1. The van der Waals surface area contributed by atoms with Gasteiger partial charge in [0.15, 0.2) is 0 Å². The predicted octanol–water partition coefficient (Wildman–Crippen LogP) is 4.95. The third-order valence-corrected chi connectivity index (χ3v) is 5.46. The lowest BCUT2D eigenvalue weighted by Crippen LogP contribution is -2.12. The van der Waals surface area contributed by atoms with E-state index < -0.39 is 15.8 Å². The molecule has 0 unspecified atom stereocenters. The standard InChI is InChI=1S/C21H15FN2O3S/c22-19-12-11-16(15-7-3-1-4-8-15)13-18(19)21-23-14-20(27-21)24-28(25,26)17-9-5-2-6-10-17/h1-14,24H. The van der Waals surface area contributed by atoms with Crippen LogP contribution in [0.15, 0.2) is 94.4 Å². The Kier molecular flexibility index (Phi) is 4.67. The number of sulfonamides is 1. The van der Waals surface area contributed by atoms with Crippen LogP contribution in [0.3, 0.4) is 0 Å². The summed E-state index contributed by atoms with van der Waals surface area (Å²) in [5.41, 5.74) is 1.86. The molecule has 0 aliphatic carbocycles. The van der Waals surface area contributed by atoms with Crippen molar-refractivity contribution in [1.82, 2.24) is 4.98 Å². The summed E-state index contributed by atoms with van der Waals surface area (Å²) in [6.45, 7) is 0. The highest BCUT2D eigenvalue weighted by molar-refractivity contribution is 7.92. The second kappa shape index (κ2) is 7.28. The first kappa shape index (κ1) is 17.9. The molecule has 3 aromatic carbocycles. The molecule has 0 amide bonds. The fourth-order valence-electron chi connectivity index (χ4n) is 2.74. The molecule has 7 heteroatoms. The number of halogens is 1. The molecule has 0 aliphatic heterocycles. The maximum absolute atomic E-state index is 14.3. The van der Waals surface area contributed by atoms with E-state index in [1.54, 1.807) is 30.3 Å². The molecule has 1 aromatic heterocycles. The van der Waals surface area contributed by atoms with Gasteiger partial charge in [0.1, 0.15) is 5.82 Å². The number of oxazole rings is 1. The van der Waals surface area contributed by atoms with Crippen LogP contribution in [-0.2, 0) is 10.0 Å². The summed E-state index contributed by atoms with van der Waals surface area (Å²) in [5, 5.41) is 0. The zero-order chi connectivity index (χ0) is 19.6. The van der Waals surface area contributed by atoms with Gasteiger partial charge in [-0.25, -0.2) is 22.5 Å². The summed E-state index contributed by atoms with van der Waals surface area (Å²) < 4.78 is 46.9. The first-order chi connectivity index (χ1) is 13.5. The summed E-state index contributed by atoms with van der Waals surface area (Å²) in [7, 11) is -3.82. The quantitative estimate of drug-likeness (QED) is 0.520. The average molecular weight is 394 g/mol. The van der Waals surface area contributed by atoms with Crippen molar-refractivity contribution in [2.75, 3.05) is 4.72 Å². The van der Waals surface area contributed by atoms with E-state index in [9.17, 15) is 12.8 Å². The van der Waals surface area contributed by atoms with Crippen LogP contribution in [0, 0.1) is 5.82 Å². The van der Waals surface area contributed by atoms with E-state index in [-0.39, 0.29) is 22.2 Å². The number of benzene rings is 3. The molecule has 0 bridgehead atoms. The van der Waals surface area contributed by atoms with Crippen molar-refractivity contribution in [3.63, 3.8) is 0 Å². The Balaban J connectivity index is 1.65. The molecule has 1 heterocycles. The Bertz CT molecular complexity index is 1210. The first-order valence-electron chi connectivity index (χ1n) is 8.42. The van der Waals surface area contributed by atoms with E-state index in [4.69, 9.17) is 4.42 Å². The molecule has 0 fully saturated rings. The van der Waals surface area contributed by atoms with Crippen molar-refractivity contribution >= 4 is 15.9 Å². The van der Waals surface area contributed by atoms with Crippen molar-refractivity contribution in [2.45, 2.75) is 4.90 Å². The number of hydrogen-bond donors (Lipinski definition) is 1. The van der Waals surface area contributed by atoms with Crippen LogP contribution in [0.4, 0.5) is 10.3 Å². The monoisotopic (exact) mass is 394 g/mol. The van der Waals surface area contributed by atoms with E-state index in [0.29, 0.717) is 0 Å². The average Bonchev–Trinajstić information content (AvgIpc) is 3.17. The van der Waals surface area contributed by atoms with E-state index in [1.807, 2.05) is 30.3 Å². The van der Waals surface area contributed by atoms with Gasteiger partial charge in [-0.2, -0.15) is 0 Å². The van der Waals surface area contributed by atoms with Gasteiger partial charge in [-0.3, -0.25) is 0 Å². The largest absolute Gasteiger partial charge is 0.420 e. The van der Waals surface area contributed by atoms with Crippen LogP contribution in [-0.4, -0.2) is 13.4 Å². The third-order valence-electron chi connectivity index (χ3n) is 4.10. The highest BCUT2D eigenvalue weighted by Crippen LogP contribution is 2.30. The Hall–Kier alpha value is -3.45. The van der Waals surface area contributed by atoms with Crippen LogP contribution in [0.25, 0.3) is 22.6 Å². The van der Waals surface area contributed by atoms with Crippen LogP contribution in [0.1, 0.15) is 0 Å². The molecule has 4 rings (SSSR count). The van der Waals surface area contributed by atoms with Crippen LogP contribution in [0.5, 0.6) is 0 Å². The van der Waals surface area contributed by atoms with E-state index >= 15 is 0 Å². The molecule has 1 N–H and O–H groups in total. The summed E-state index contributed by atoms with van der Waals surface area (Å²) in [6, 6.07) is 22.0. The van der Waals surface area contributed by atoms with Crippen molar-refractivity contribution < 1.29 is 17.2 Å². The molecule has 0 spiro atoms. The summed E-state index contributed by atoms with van der Waals surface area (Å²) in [6.07, 6.45) is 1.21. The second-order valence-electron chi connectivity index (χ2n) is 6.01. The molecule has 0 saturated carbocycles. The van der Waals surface area contributed by atoms with Gasteiger partial charge in [-0.1, -0.05) is 54.6 Å². The molecular weight excluding hydrogens is 379 g/mol. The summed E-state index contributed by atoms with van der Waals surface area (Å²) in [4.78, 5) is 4.11. The number of aromatic nitrogens is 1. The first-order valence-corrected chi connectivity index (χ1v) is 9.90. The van der Waals surface area contributed by atoms with Crippen LogP contribution >= 0.6 is 0 Å². The van der Waals surface area contributed by atoms with Crippen molar-refractivity contribution in [1.29, 1.82) is 0 Å². The molecule has 0 aliphatic rings. The second-order valence-corrected chi connectivity index (χ2v) is 7.69. The van der Waals surface area contributed by atoms with Gasteiger partial charge in [0, 0.05) is 0 Å². The summed E-state index contributed by atoms with van der Waals surface area (Å²) in [5.74, 6) is -0.622. The summed E-state index contributed by atoms with van der Waals surface area (Å²) >= 11 is 0. The molecule has 0 radical (unpaired) electrons. The normalized spacial score (nSPS) is 11.3. The minimum atomic E-state index is -3.82. The Morgan fingerprint density at radius 1 is 0.857 bits per heavy atom. The molecule has 4 aromatic rings. The molecule has 28 heavy (non-hydrogen) atoms. The Morgan fingerprint density at radius 2 is 1.54 bits per heavy atom.